The molecule has 4 atom stereocenters. The normalized spacial score (nSPS) is 29.2. The molecule has 3 fully saturated rings. The Morgan fingerprint density at radius 1 is 1.17 bits per heavy atom. The minimum absolute atomic E-state index is 0.0606. The van der Waals surface area contributed by atoms with Gasteiger partial charge in [-0.2, -0.15) is 0 Å². The van der Waals surface area contributed by atoms with Crippen molar-refractivity contribution in [3.8, 4) is 0 Å². The molecule has 2 amide bonds. The summed E-state index contributed by atoms with van der Waals surface area (Å²) in [6.07, 6.45) is 0.919. The molecule has 1 unspecified atom stereocenters. The molecule has 4 aliphatic rings. The van der Waals surface area contributed by atoms with E-state index in [0.29, 0.717) is 0 Å². The molecule has 3 N–H and O–H groups in total. The highest BCUT2D eigenvalue weighted by atomic mass is 35.5. The quantitative estimate of drug-likeness (QED) is 0.428. The second-order valence-electron chi connectivity index (χ2n) is 13.0. The number of carboxylic acids is 1. The van der Waals surface area contributed by atoms with Gasteiger partial charge in [0.1, 0.15) is 11.5 Å². The predicted molar refractivity (Wildman–Crippen MR) is 151 cm³/mol. The van der Waals surface area contributed by atoms with Crippen LogP contribution >= 0.6 is 23.2 Å². The van der Waals surface area contributed by atoms with Crippen LogP contribution in [-0.4, -0.2) is 52.8 Å². The molecule has 41 heavy (non-hydrogen) atoms. The summed E-state index contributed by atoms with van der Waals surface area (Å²) >= 11 is 12.6. The minimum atomic E-state index is -3.23. The van der Waals surface area contributed by atoms with Gasteiger partial charge in [-0.05, 0) is 41.5 Å². The number of carbonyl (C=O) groups is 3. The fourth-order valence-electron chi connectivity index (χ4n) is 7.21. The lowest BCUT2D eigenvalue weighted by Crippen LogP contribution is -2.54. The van der Waals surface area contributed by atoms with Gasteiger partial charge in [-0.25, -0.2) is 8.78 Å². The second-order valence-corrected chi connectivity index (χ2v) is 13.8. The second kappa shape index (κ2) is 9.12. The van der Waals surface area contributed by atoms with E-state index in [4.69, 9.17) is 23.2 Å². The topological polar surface area (TPSA) is 98.7 Å². The van der Waals surface area contributed by atoms with Gasteiger partial charge in [0.05, 0.1) is 23.2 Å². The number of nitrogens with one attached hydrogen (secondary N) is 2. The van der Waals surface area contributed by atoms with E-state index >= 15 is 0 Å². The number of carbonyl (C=O) groups excluding carboxylic acids is 2. The van der Waals surface area contributed by atoms with E-state index in [2.05, 4.69) is 43.5 Å². The van der Waals surface area contributed by atoms with Gasteiger partial charge in [0, 0.05) is 35.0 Å². The number of halogens is 4. The van der Waals surface area contributed by atoms with E-state index < -0.39 is 60.1 Å². The summed E-state index contributed by atoms with van der Waals surface area (Å²) in [7, 11) is 0. The Morgan fingerprint density at radius 3 is 2.51 bits per heavy atom. The number of anilines is 1. The number of nitrogens with zero attached hydrogens (tertiary/aromatic N) is 1. The van der Waals surface area contributed by atoms with E-state index in [-0.39, 0.29) is 38.7 Å². The molecule has 1 aliphatic carbocycles. The molecule has 7 nitrogen and oxygen atoms in total. The van der Waals surface area contributed by atoms with Gasteiger partial charge in [-0.3, -0.25) is 19.3 Å². The van der Waals surface area contributed by atoms with Crippen LogP contribution in [0.3, 0.4) is 0 Å². The van der Waals surface area contributed by atoms with Gasteiger partial charge in [0.15, 0.2) is 0 Å². The van der Waals surface area contributed by atoms with Crippen molar-refractivity contribution in [1.29, 1.82) is 0 Å². The first-order valence-corrected chi connectivity index (χ1v) is 14.4. The van der Waals surface area contributed by atoms with Crippen molar-refractivity contribution in [2.24, 2.45) is 11.8 Å². The number of fused-ring (bicyclic) bond motifs is 4. The van der Waals surface area contributed by atoms with Gasteiger partial charge in [-0.1, -0.05) is 68.2 Å². The molecule has 0 aromatic heterocycles. The highest BCUT2D eigenvalue weighted by Crippen LogP contribution is 2.61. The van der Waals surface area contributed by atoms with Crippen molar-refractivity contribution in [3.63, 3.8) is 0 Å². The molecule has 0 bridgehead atoms. The first kappa shape index (κ1) is 28.4. The summed E-state index contributed by atoms with van der Waals surface area (Å²) in [6.45, 7) is 5.73. The monoisotopic (exact) mass is 605 g/mol. The third kappa shape index (κ3) is 4.26. The summed E-state index contributed by atoms with van der Waals surface area (Å²) in [5, 5.41) is 16.2. The van der Waals surface area contributed by atoms with Crippen LogP contribution in [0.1, 0.15) is 56.7 Å². The number of hydrogen-bond acceptors (Lipinski definition) is 4. The molecule has 3 heterocycles. The maximum atomic E-state index is 15.0. The maximum Gasteiger partial charge on any atom is 0.310 e. The molecule has 3 aliphatic heterocycles. The highest BCUT2D eigenvalue weighted by molar-refractivity contribution is 6.38. The minimum Gasteiger partial charge on any atom is -0.481 e. The van der Waals surface area contributed by atoms with Crippen LogP contribution in [0.15, 0.2) is 36.4 Å². The Bertz CT molecular complexity index is 1490. The molecular formula is C30H31Cl2F2N3O4. The van der Waals surface area contributed by atoms with Crippen molar-refractivity contribution >= 4 is 46.7 Å². The molecular weight excluding hydrogens is 575 g/mol. The summed E-state index contributed by atoms with van der Waals surface area (Å²) < 4.78 is 29.9. The van der Waals surface area contributed by atoms with Crippen LogP contribution in [0.25, 0.3) is 0 Å². The summed E-state index contributed by atoms with van der Waals surface area (Å²) in [5.74, 6) is -9.17. The summed E-state index contributed by atoms with van der Waals surface area (Å²) in [6, 6.07) is 9.79. The number of rotatable bonds is 5. The van der Waals surface area contributed by atoms with Crippen molar-refractivity contribution in [3.05, 3.63) is 63.1 Å². The number of alkyl halides is 2. The molecule has 11 heteroatoms. The fraction of sp³-hybridized carbons (Fsp3) is 0.500. The average Bonchev–Trinajstić information content (AvgIpc) is 3.43. The van der Waals surface area contributed by atoms with Crippen LogP contribution in [-0.2, 0) is 30.8 Å². The SMILES string of the molecule is CC(C)(C)c1cccc(C2(CNC(=O)C3[C@H]4CC(F)(F)CN4[C@]4(C(=O)Nc5c(Cl)cc(Cl)cc54)[C@H]3C(=O)O)CC2)c1. The number of benzene rings is 2. The molecule has 2 aromatic carbocycles. The molecule has 1 saturated carbocycles. The summed E-state index contributed by atoms with van der Waals surface area (Å²) in [4.78, 5) is 41.7. The number of carboxylic acid groups (broad SMARTS) is 1. The van der Waals surface area contributed by atoms with E-state index in [9.17, 15) is 28.3 Å². The number of aliphatic carboxylic acids is 1. The molecule has 218 valence electrons. The Labute approximate surface area is 246 Å². The Balaban J connectivity index is 1.37. The fourth-order valence-corrected chi connectivity index (χ4v) is 7.75. The third-order valence-corrected chi connectivity index (χ3v) is 9.92. The van der Waals surface area contributed by atoms with Gasteiger partial charge in [0.25, 0.3) is 11.8 Å². The maximum absolute atomic E-state index is 15.0. The van der Waals surface area contributed by atoms with Crippen molar-refractivity contribution in [1.82, 2.24) is 10.2 Å². The smallest absolute Gasteiger partial charge is 0.310 e. The van der Waals surface area contributed by atoms with Gasteiger partial charge in [-0.15, -0.1) is 0 Å². The lowest BCUT2D eigenvalue weighted by Gasteiger charge is -2.35. The lowest BCUT2D eigenvalue weighted by atomic mass is 9.73. The first-order valence-electron chi connectivity index (χ1n) is 13.7. The van der Waals surface area contributed by atoms with Gasteiger partial charge >= 0.3 is 5.97 Å². The van der Waals surface area contributed by atoms with Crippen LogP contribution in [0.5, 0.6) is 0 Å². The Hall–Kier alpha value is -2.75. The van der Waals surface area contributed by atoms with Crippen LogP contribution < -0.4 is 10.6 Å². The highest BCUT2D eigenvalue weighted by Gasteiger charge is 2.74. The zero-order valence-corrected chi connectivity index (χ0v) is 24.4. The van der Waals surface area contributed by atoms with E-state index in [1.54, 1.807) is 0 Å². The predicted octanol–water partition coefficient (Wildman–Crippen LogP) is 5.33. The molecule has 0 radical (unpaired) electrons. The van der Waals surface area contributed by atoms with Crippen LogP contribution in [0, 0.1) is 11.8 Å². The Kier molecular flexibility index (Phi) is 6.31. The van der Waals surface area contributed by atoms with Crippen LogP contribution in [0.2, 0.25) is 10.0 Å². The van der Waals surface area contributed by atoms with Crippen molar-refractivity contribution in [2.75, 3.05) is 18.4 Å². The standard InChI is InChI=1S/C30H31Cl2F2N3O4/c1-27(2,3)15-5-4-6-16(9-15)28(7-8-28)13-35-24(38)21-20-12-29(33,34)14-37(20)30(22(21)25(39)40)18-10-17(31)11-19(32)23(18)36-26(30)41/h4-6,9-11,20-22H,7-8,12-14H2,1-3H3,(H,35,38)(H,36,41)(H,39,40)/t20-,21?,22-,30+/m1/s1. The zero-order chi connectivity index (χ0) is 29.7. The van der Waals surface area contributed by atoms with E-state index in [1.807, 2.05) is 12.1 Å². The summed E-state index contributed by atoms with van der Waals surface area (Å²) in [5.41, 5.74) is 0.00259. The largest absolute Gasteiger partial charge is 0.481 e. The third-order valence-electron chi connectivity index (χ3n) is 9.40. The number of amides is 2. The van der Waals surface area contributed by atoms with Gasteiger partial charge in [0.2, 0.25) is 5.91 Å². The molecule has 1 spiro atoms. The first-order chi connectivity index (χ1) is 19.1. The van der Waals surface area contributed by atoms with Crippen LogP contribution in [0.4, 0.5) is 14.5 Å². The molecule has 2 saturated heterocycles. The van der Waals surface area contributed by atoms with Crippen molar-refractivity contribution < 1.29 is 28.3 Å². The lowest BCUT2D eigenvalue weighted by molar-refractivity contribution is -0.153. The zero-order valence-electron chi connectivity index (χ0n) is 22.9. The van der Waals surface area contributed by atoms with E-state index in [1.165, 1.54) is 17.0 Å². The number of hydrogen-bond donors (Lipinski definition) is 3. The molecule has 2 aromatic rings. The van der Waals surface area contributed by atoms with E-state index in [0.717, 1.165) is 24.0 Å². The van der Waals surface area contributed by atoms with Crippen molar-refractivity contribution in [2.45, 2.75) is 68.4 Å². The van der Waals surface area contributed by atoms with Gasteiger partial charge < -0.3 is 15.7 Å². The average molecular weight is 606 g/mol. The Morgan fingerprint density at radius 2 is 1.88 bits per heavy atom. The molecule has 6 rings (SSSR count).